The van der Waals surface area contributed by atoms with Crippen LogP contribution in [0.4, 0.5) is 0 Å². The van der Waals surface area contributed by atoms with Gasteiger partial charge in [0.1, 0.15) is 0 Å². The number of primary amides is 1. The zero-order valence-electron chi connectivity index (χ0n) is 11.7. The number of rotatable bonds is 4. The fraction of sp³-hybridized carbons (Fsp3) is 0.214. The van der Waals surface area contributed by atoms with Crippen molar-refractivity contribution in [1.29, 1.82) is 0 Å². The molecule has 0 radical (unpaired) electrons. The molecule has 1 aliphatic rings. The van der Waals surface area contributed by atoms with Gasteiger partial charge in [-0.3, -0.25) is 4.79 Å². The third kappa shape index (κ3) is 3.02. The van der Waals surface area contributed by atoms with Gasteiger partial charge in [-0.15, -0.1) is 5.10 Å². The molecule has 0 aromatic heterocycles. The Bertz CT molecular complexity index is 622. The van der Waals surface area contributed by atoms with Crippen LogP contribution in [0.3, 0.4) is 0 Å². The van der Waals surface area contributed by atoms with Gasteiger partial charge in [0, 0.05) is 12.6 Å². The summed E-state index contributed by atoms with van der Waals surface area (Å²) in [5, 5.41) is 5.42. The summed E-state index contributed by atoms with van der Waals surface area (Å²) in [7, 11) is 1.55. The second-order valence-corrected chi connectivity index (χ2v) is 4.16. The lowest BCUT2D eigenvalue weighted by molar-refractivity contribution is -0.140. The van der Waals surface area contributed by atoms with Gasteiger partial charge in [-0.25, -0.2) is 9.80 Å². The van der Waals surface area contributed by atoms with E-state index in [-0.39, 0.29) is 24.0 Å². The molecule has 2 rings (SSSR count). The molecule has 7 nitrogen and oxygen atoms in total. The first kappa shape index (κ1) is 14.6. The van der Waals surface area contributed by atoms with Crippen molar-refractivity contribution in [2.45, 2.75) is 6.92 Å². The highest BCUT2D eigenvalue weighted by Crippen LogP contribution is 2.22. The molecule has 0 fully saturated rings. The molecular weight excluding hydrogens is 274 g/mol. The Morgan fingerprint density at radius 2 is 2.00 bits per heavy atom. The highest BCUT2D eigenvalue weighted by Gasteiger charge is 2.31. The molecule has 7 heteroatoms. The third-order valence-corrected chi connectivity index (χ3v) is 2.69. The normalized spacial score (nSPS) is 16.1. The molecule has 0 spiro atoms. The summed E-state index contributed by atoms with van der Waals surface area (Å²) in [6, 6.07) is 9.09. The minimum Gasteiger partial charge on any atom is -0.462 e. The number of hydrogen-bond acceptors (Lipinski definition) is 6. The van der Waals surface area contributed by atoms with E-state index in [1.807, 2.05) is 18.2 Å². The molecule has 0 bridgehead atoms. The third-order valence-electron chi connectivity index (χ3n) is 2.69. The SMILES string of the molecule is CCOC(=O)C(C(N)=O)=C1OC(c2ccccc2)=NN1C. The van der Waals surface area contributed by atoms with E-state index in [9.17, 15) is 9.59 Å². The van der Waals surface area contributed by atoms with Gasteiger partial charge in [-0.2, -0.15) is 0 Å². The van der Waals surface area contributed by atoms with E-state index in [0.717, 1.165) is 0 Å². The van der Waals surface area contributed by atoms with Crippen LogP contribution in [0.25, 0.3) is 0 Å². The summed E-state index contributed by atoms with van der Waals surface area (Å²) in [5.41, 5.74) is 5.59. The zero-order valence-corrected chi connectivity index (χ0v) is 11.7. The fourth-order valence-corrected chi connectivity index (χ4v) is 1.77. The van der Waals surface area contributed by atoms with Gasteiger partial charge in [-0.1, -0.05) is 18.2 Å². The van der Waals surface area contributed by atoms with Crippen LogP contribution in [0.1, 0.15) is 12.5 Å². The van der Waals surface area contributed by atoms with Crippen LogP contribution in [0.2, 0.25) is 0 Å². The Balaban J connectivity index is 2.35. The molecule has 0 aliphatic carbocycles. The summed E-state index contributed by atoms with van der Waals surface area (Å²) >= 11 is 0. The van der Waals surface area contributed by atoms with Crippen molar-refractivity contribution < 1.29 is 19.1 Å². The Kier molecular flexibility index (Phi) is 4.22. The minimum atomic E-state index is -0.931. The summed E-state index contributed by atoms with van der Waals surface area (Å²) in [4.78, 5) is 23.3. The molecule has 21 heavy (non-hydrogen) atoms. The maximum Gasteiger partial charge on any atom is 0.349 e. The smallest absolute Gasteiger partial charge is 0.349 e. The second-order valence-electron chi connectivity index (χ2n) is 4.16. The fourth-order valence-electron chi connectivity index (χ4n) is 1.77. The highest BCUT2D eigenvalue weighted by atomic mass is 16.5. The molecule has 1 aliphatic heterocycles. The number of carbonyl (C=O) groups excluding carboxylic acids is 2. The molecule has 0 saturated heterocycles. The van der Waals surface area contributed by atoms with E-state index in [4.69, 9.17) is 15.2 Å². The number of nitrogens with two attached hydrogens (primary N) is 1. The number of amides is 1. The molecule has 1 aromatic rings. The first-order chi connectivity index (χ1) is 10.0. The van der Waals surface area contributed by atoms with E-state index in [1.165, 1.54) is 5.01 Å². The van der Waals surface area contributed by atoms with Crippen LogP contribution in [0.5, 0.6) is 0 Å². The quantitative estimate of drug-likeness (QED) is 0.378. The van der Waals surface area contributed by atoms with Crippen molar-refractivity contribution in [2.24, 2.45) is 10.8 Å². The predicted octanol–water partition coefficient (Wildman–Crippen LogP) is 0.570. The van der Waals surface area contributed by atoms with Gasteiger partial charge in [0.15, 0.2) is 5.57 Å². The second kappa shape index (κ2) is 6.08. The van der Waals surface area contributed by atoms with Crippen LogP contribution in [0, 0.1) is 0 Å². The monoisotopic (exact) mass is 289 g/mol. The number of benzene rings is 1. The van der Waals surface area contributed by atoms with Crippen molar-refractivity contribution in [3.63, 3.8) is 0 Å². The number of ether oxygens (including phenoxy) is 2. The number of carbonyl (C=O) groups is 2. The highest BCUT2D eigenvalue weighted by molar-refractivity contribution is 6.16. The van der Waals surface area contributed by atoms with Crippen LogP contribution in [0.15, 0.2) is 46.9 Å². The number of nitrogens with zero attached hydrogens (tertiary/aromatic N) is 2. The Labute approximate surface area is 121 Å². The average molecular weight is 289 g/mol. The Morgan fingerprint density at radius 1 is 1.33 bits per heavy atom. The molecule has 0 saturated carbocycles. The van der Waals surface area contributed by atoms with E-state index < -0.39 is 11.9 Å². The lowest BCUT2D eigenvalue weighted by atomic mass is 10.2. The summed E-state index contributed by atoms with van der Waals surface area (Å²) in [6.45, 7) is 1.76. The molecule has 1 aromatic carbocycles. The predicted molar refractivity (Wildman–Crippen MR) is 74.7 cm³/mol. The maximum absolute atomic E-state index is 11.8. The van der Waals surface area contributed by atoms with Crippen molar-refractivity contribution in [2.75, 3.05) is 13.7 Å². The van der Waals surface area contributed by atoms with Gasteiger partial charge < -0.3 is 15.2 Å². The first-order valence-corrected chi connectivity index (χ1v) is 6.31. The van der Waals surface area contributed by atoms with Crippen molar-refractivity contribution in [3.05, 3.63) is 47.4 Å². The van der Waals surface area contributed by atoms with Gasteiger partial charge in [0.2, 0.25) is 11.8 Å². The van der Waals surface area contributed by atoms with E-state index >= 15 is 0 Å². The molecule has 110 valence electrons. The van der Waals surface area contributed by atoms with E-state index in [2.05, 4.69) is 5.10 Å². The molecule has 1 heterocycles. The first-order valence-electron chi connectivity index (χ1n) is 6.31. The maximum atomic E-state index is 11.8. The van der Waals surface area contributed by atoms with E-state index in [1.54, 1.807) is 26.1 Å². The van der Waals surface area contributed by atoms with E-state index in [0.29, 0.717) is 5.56 Å². The lowest BCUT2D eigenvalue weighted by Gasteiger charge is -2.11. The molecule has 1 amide bonds. The Hall–Kier alpha value is -2.83. The van der Waals surface area contributed by atoms with Crippen molar-refractivity contribution in [3.8, 4) is 0 Å². The number of hydrogen-bond donors (Lipinski definition) is 1. The molecule has 2 N–H and O–H groups in total. The number of esters is 1. The summed E-state index contributed by atoms with van der Waals surface area (Å²) in [5.74, 6) is -1.54. The van der Waals surface area contributed by atoms with Crippen molar-refractivity contribution >= 4 is 17.8 Å². The van der Waals surface area contributed by atoms with Crippen LogP contribution in [-0.2, 0) is 19.1 Å². The summed E-state index contributed by atoms with van der Waals surface area (Å²) < 4.78 is 10.3. The standard InChI is InChI=1S/C14H15N3O4/c1-3-20-14(19)10(11(15)18)13-17(2)16-12(21-13)9-7-5-4-6-8-9/h4-8H,3H2,1-2H3,(H2,15,18). The molecular formula is C14H15N3O4. The van der Waals surface area contributed by atoms with Crippen LogP contribution in [-0.4, -0.2) is 36.4 Å². The lowest BCUT2D eigenvalue weighted by Crippen LogP contribution is -2.27. The minimum absolute atomic E-state index is 0.0418. The number of hydrazone groups is 1. The zero-order chi connectivity index (χ0) is 15.4. The van der Waals surface area contributed by atoms with Gasteiger partial charge in [0.25, 0.3) is 5.91 Å². The summed E-state index contributed by atoms with van der Waals surface area (Å²) in [6.07, 6.45) is 0. The van der Waals surface area contributed by atoms with Crippen LogP contribution < -0.4 is 5.73 Å². The molecule has 0 unspecified atom stereocenters. The molecule has 0 atom stereocenters. The van der Waals surface area contributed by atoms with Crippen molar-refractivity contribution in [1.82, 2.24) is 5.01 Å². The topological polar surface area (TPSA) is 94.2 Å². The largest absolute Gasteiger partial charge is 0.462 e. The average Bonchev–Trinajstić information content (AvgIpc) is 2.82. The van der Waals surface area contributed by atoms with Gasteiger partial charge in [-0.05, 0) is 19.1 Å². The van der Waals surface area contributed by atoms with Crippen LogP contribution >= 0.6 is 0 Å². The van der Waals surface area contributed by atoms with Gasteiger partial charge in [0.05, 0.1) is 6.61 Å². The Morgan fingerprint density at radius 3 is 2.57 bits per heavy atom. The van der Waals surface area contributed by atoms with Gasteiger partial charge >= 0.3 is 5.97 Å².